The van der Waals surface area contributed by atoms with Crippen LogP contribution in [0.5, 0.6) is 0 Å². The maximum atomic E-state index is 13.8. The standard InChI is InChI=1S/C17H14F3NO4/c18-11-7-13(20)12(19)6-10(11)16(24)14(8-15(22)23)21-17(25)9-4-2-1-3-5-9/h1-7,14,16,24H,8H2,(H,21,25)(H,22,23). The molecule has 3 N–H and O–H groups in total. The number of rotatable bonds is 6. The molecule has 5 nitrogen and oxygen atoms in total. The van der Waals surface area contributed by atoms with Crippen LogP contribution in [0.15, 0.2) is 42.5 Å². The summed E-state index contributed by atoms with van der Waals surface area (Å²) < 4.78 is 40.1. The lowest BCUT2D eigenvalue weighted by Gasteiger charge is -2.23. The molecule has 0 aromatic heterocycles. The number of hydrogen-bond acceptors (Lipinski definition) is 3. The van der Waals surface area contributed by atoms with Crippen LogP contribution in [0.1, 0.15) is 28.4 Å². The molecule has 0 aliphatic heterocycles. The normalized spacial score (nSPS) is 13.1. The molecule has 8 heteroatoms. The van der Waals surface area contributed by atoms with Crippen molar-refractivity contribution in [3.05, 3.63) is 71.0 Å². The second kappa shape index (κ2) is 7.80. The highest BCUT2D eigenvalue weighted by Gasteiger charge is 2.29. The molecule has 25 heavy (non-hydrogen) atoms. The van der Waals surface area contributed by atoms with Gasteiger partial charge < -0.3 is 15.5 Å². The van der Waals surface area contributed by atoms with Gasteiger partial charge in [0, 0.05) is 17.2 Å². The van der Waals surface area contributed by atoms with Gasteiger partial charge in [-0.05, 0) is 18.2 Å². The summed E-state index contributed by atoms with van der Waals surface area (Å²) in [5.41, 5.74) is -0.464. The summed E-state index contributed by atoms with van der Waals surface area (Å²) in [5.74, 6) is -6.18. The van der Waals surface area contributed by atoms with Crippen molar-refractivity contribution in [2.24, 2.45) is 0 Å². The number of carboxylic acids is 1. The van der Waals surface area contributed by atoms with Crippen LogP contribution in [0.2, 0.25) is 0 Å². The van der Waals surface area contributed by atoms with Crippen LogP contribution in [0.25, 0.3) is 0 Å². The van der Waals surface area contributed by atoms with Crippen molar-refractivity contribution in [2.75, 3.05) is 0 Å². The molecule has 0 spiro atoms. The average molecular weight is 353 g/mol. The number of aliphatic carboxylic acids is 1. The van der Waals surface area contributed by atoms with Crippen LogP contribution in [-0.2, 0) is 4.79 Å². The van der Waals surface area contributed by atoms with Gasteiger partial charge in [0.25, 0.3) is 5.91 Å². The Kier molecular flexibility index (Phi) is 5.76. The van der Waals surface area contributed by atoms with Crippen molar-refractivity contribution in [3.63, 3.8) is 0 Å². The number of amides is 1. The molecule has 2 aromatic carbocycles. The van der Waals surface area contributed by atoms with E-state index in [2.05, 4.69) is 5.32 Å². The first-order chi connectivity index (χ1) is 11.8. The quantitative estimate of drug-likeness (QED) is 0.696. The third-order valence-electron chi connectivity index (χ3n) is 3.49. The van der Waals surface area contributed by atoms with E-state index < -0.39 is 53.5 Å². The van der Waals surface area contributed by atoms with Gasteiger partial charge in [0.1, 0.15) is 11.9 Å². The Morgan fingerprint density at radius 3 is 2.20 bits per heavy atom. The van der Waals surface area contributed by atoms with E-state index in [-0.39, 0.29) is 11.6 Å². The number of nitrogens with one attached hydrogen (secondary N) is 1. The van der Waals surface area contributed by atoms with E-state index >= 15 is 0 Å². The molecule has 0 bridgehead atoms. The molecule has 0 saturated carbocycles. The highest BCUT2D eigenvalue weighted by atomic mass is 19.2. The summed E-state index contributed by atoms with van der Waals surface area (Å²) in [6.45, 7) is 0. The molecule has 0 fully saturated rings. The lowest BCUT2D eigenvalue weighted by Crippen LogP contribution is -2.41. The van der Waals surface area contributed by atoms with E-state index in [1.165, 1.54) is 12.1 Å². The molecule has 2 aromatic rings. The largest absolute Gasteiger partial charge is 0.481 e. The van der Waals surface area contributed by atoms with Crippen LogP contribution < -0.4 is 5.32 Å². The zero-order valence-corrected chi connectivity index (χ0v) is 12.7. The van der Waals surface area contributed by atoms with Gasteiger partial charge in [-0.2, -0.15) is 0 Å². The Hall–Kier alpha value is -2.87. The molecule has 1 amide bonds. The second-order valence-corrected chi connectivity index (χ2v) is 5.28. The summed E-state index contributed by atoms with van der Waals surface area (Å²) in [7, 11) is 0. The predicted octanol–water partition coefficient (Wildman–Crippen LogP) is 2.41. The number of benzene rings is 2. The zero-order chi connectivity index (χ0) is 18.6. The fourth-order valence-electron chi connectivity index (χ4n) is 2.25. The maximum absolute atomic E-state index is 13.8. The number of carbonyl (C=O) groups excluding carboxylic acids is 1. The minimum absolute atomic E-state index is 0.191. The summed E-state index contributed by atoms with van der Waals surface area (Å²) in [5, 5.41) is 21.4. The fraction of sp³-hybridized carbons (Fsp3) is 0.176. The maximum Gasteiger partial charge on any atom is 0.305 e. The van der Waals surface area contributed by atoms with E-state index in [9.17, 15) is 27.9 Å². The molecule has 2 atom stereocenters. The first-order valence-electron chi connectivity index (χ1n) is 7.19. The third kappa shape index (κ3) is 4.57. The van der Waals surface area contributed by atoms with Crippen LogP contribution in [0.3, 0.4) is 0 Å². The summed E-state index contributed by atoms with van der Waals surface area (Å²) in [6, 6.07) is 6.94. The predicted molar refractivity (Wildman–Crippen MR) is 81.2 cm³/mol. The van der Waals surface area contributed by atoms with Crippen LogP contribution >= 0.6 is 0 Å². The van der Waals surface area contributed by atoms with Gasteiger partial charge in [-0.25, -0.2) is 13.2 Å². The van der Waals surface area contributed by atoms with Gasteiger partial charge >= 0.3 is 5.97 Å². The summed E-state index contributed by atoms with van der Waals surface area (Å²) in [4.78, 5) is 23.1. The van der Waals surface area contributed by atoms with E-state index in [0.717, 1.165) is 0 Å². The van der Waals surface area contributed by atoms with Crippen molar-refractivity contribution in [1.29, 1.82) is 0 Å². The molecule has 0 radical (unpaired) electrons. The van der Waals surface area contributed by atoms with Crippen LogP contribution in [0, 0.1) is 17.5 Å². The Labute approximate surface area is 140 Å². The van der Waals surface area contributed by atoms with Gasteiger partial charge in [0.05, 0.1) is 12.5 Å². The number of carboxylic acid groups (broad SMARTS) is 1. The Morgan fingerprint density at radius 1 is 1.00 bits per heavy atom. The summed E-state index contributed by atoms with van der Waals surface area (Å²) >= 11 is 0. The Balaban J connectivity index is 2.29. The number of aliphatic hydroxyl groups excluding tert-OH is 1. The molecule has 132 valence electrons. The lowest BCUT2D eigenvalue weighted by atomic mass is 9.98. The average Bonchev–Trinajstić information content (AvgIpc) is 2.57. The number of aliphatic hydroxyl groups is 1. The minimum Gasteiger partial charge on any atom is -0.481 e. The van der Waals surface area contributed by atoms with Gasteiger partial charge in [-0.1, -0.05) is 18.2 Å². The van der Waals surface area contributed by atoms with Crippen molar-refractivity contribution in [1.82, 2.24) is 5.32 Å². The number of carbonyl (C=O) groups is 2. The second-order valence-electron chi connectivity index (χ2n) is 5.28. The highest BCUT2D eigenvalue weighted by molar-refractivity contribution is 5.94. The van der Waals surface area contributed by atoms with E-state index in [4.69, 9.17) is 5.11 Å². The van der Waals surface area contributed by atoms with Gasteiger partial charge in [-0.15, -0.1) is 0 Å². The van der Waals surface area contributed by atoms with Gasteiger partial charge in [0.15, 0.2) is 11.6 Å². The Morgan fingerprint density at radius 2 is 1.60 bits per heavy atom. The van der Waals surface area contributed by atoms with Crippen molar-refractivity contribution >= 4 is 11.9 Å². The third-order valence-corrected chi connectivity index (χ3v) is 3.49. The first kappa shape index (κ1) is 18.5. The SMILES string of the molecule is O=C(O)CC(NC(=O)c1ccccc1)C(O)c1cc(F)c(F)cc1F. The smallest absolute Gasteiger partial charge is 0.305 e. The zero-order valence-electron chi connectivity index (χ0n) is 12.7. The molecule has 0 aliphatic carbocycles. The minimum atomic E-state index is -1.89. The molecule has 2 rings (SSSR count). The lowest BCUT2D eigenvalue weighted by molar-refractivity contribution is -0.138. The van der Waals surface area contributed by atoms with Crippen molar-refractivity contribution in [3.8, 4) is 0 Å². The number of halogens is 3. The molecular weight excluding hydrogens is 339 g/mol. The molecule has 0 saturated heterocycles. The van der Waals surface area contributed by atoms with Gasteiger partial charge in [-0.3, -0.25) is 9.59 Å². The molecule has 0 heterocycles. The van der Waals surface area contributed by atoms with E-state index in [1.54, 1.807) is 18.2 Å². The van der Waals surface area contributed by atoms with Crippen molar-refractivity contribution < 1.29 is 33.0 Å². The highest BCUT2D eigenvalue weighted by Crippen LogP contribution is 2.24. The first-order valence-corrected chi connectivity index (χ1v) is 7.19. The number of hydrogen-bond donors (Lipinski definition) is 3. The fourth-order valence-corrected chi connectivity index (χ4v) is 2.25. The molecular formula is C17H14F3NO4. The Bertz CT molecular complexity index is 783. The molecule has 2 unspecified atom stereocenters. The van der Waals surface area contributed by atoms with E-state index in [0.29, 0.717) is 6.07 Å². The topological polar surface area (TPSA) is 86.6 Å². The van der Waals surface area contributed by atoms with E-state index in [1.807, 2.05) is 0 Å². The monoisotopic (exact) mass is 353 g/mol. The van der Waals surface area contributed by atoms with Crippen LogP contribution in [-0.4, -0.2) is 28.1 Å². The molecule has 0 aliphatic rings. The van der Waals surface area contributed by atoms with Gasteiger partial charge in [0.2, 0.25) is 0 Å². The van der Waals surface area contributed by atoms with Crippen molar-refractivity contribution in [2.45, 2.75) is 18.6 Å². The van der Waals surface area contributed by atoms with Crippen LogP contribution in [0.4, 0.5) is 13.2 Å². The summed E-state index contributed by atoms with van der Waals surface area (Å²) in [6.07, 6.45) is -2.64.